The Morgan fingerprint density at radius 3 is 2.64 bits per heavy atom. The Bertz CT molecular complexity index is 529. The fourth-order valence-corrected chi connectivity index (χ4v) is 2.05. The maximum atomic E-state index is 12.0. The molecule has 1 N–H and O–H groups in total. The molecule has 0 aliphatic carbocycles. The first-order valence-electron chi connectivity index (χ1n) is 7.53. The summed E-state index contributed by atoms with van der Waals surface area (Å²) < 4.78 is 0. The van der Waals surface area contributed by atoms with Crippen LogP contribution in [0.15, 0.2) is 18.2 Å². The first kappa shape index (κ1) is 18.1. The van der Waals surface area contributed by atoms with Gasteiger partial charge in [0.1, 0.15) is 0 Å². The summed E-state index contributed by atoms with van der Waals surface area (Å²) in [6.07, 6.45) is 1.47. The van der Waals surface area contributed by atoms with Gasteiger partial charge in [-0.2, -0.15) is 0 Å². The summed E-state index contributed by atoms with van der Waals surface area (Å²) in [5, 5.41) is 13.6. The number of amides is 1. The van der Waals surface area contributed by atoms with Crippen LogP contribution in [0.4, 0.5) is 11.4 Å². The second kappa shape index (κ2) is 8.48. The van der Waals surface area contributed by atoms with E-state index in [2.05, 4.69) is 24.1 Å². The Kier molecular flexibility index (Phi) is 6.98. The summed E-state index contributed by atoms with van der Waals surface area (Å²) in [6, 6.07) is 4.70. The van der Waals surface area contributed by atoms with Crippen LogP contribution in [0.3, 0.4) is 0 Å². The maximum Gasteiger partial charge on any atom is 0.274 e. The highest BCUT2D eigenvalue weighted by Gasteiger charge is 2.14. The van der Waals surface area contributed by atoms with Gasteiger partial charge < -0.3 is 10.2 Å². The van der Waals surface area contributed by atoms with Gasteiger partial charge >= 0.3 is 0 Å². The van der Waals surface area contributed by atoms with Crippen molar-refractivity contribution in [3.63, 3.8) is 0 Å². The van der Waals surface area contributed by atoms with Crippen LogP contribution in [-0.4, -0.2) is 35.9 Å². The summed E-state index contributed by atoms with van der Waals surface area (Å²) in [4.78, 5) is 24.6. The van der Waals surface area contributed by atoms with E-state index in [-0.39, 0.29) is 11.6 Å². The Morgan fingerprint density at radius 2 is 2.05 bits per heavy atom. The van der Waals surface area contributed by atoms with Gasteiger partial charge in [0.25, 0.3) is 5.69 Å². The zero-order valence-corrected chi connectivity index (χ0v) is 13.8. The molecule has 0 aliphatic heterocycles. The minimum Gasteiger partial charge on any atom is -0.326 e. The molecule has 6 nitrogen and oxygen atoms in total. The lowest BCUT2D eigenvalue weighted by atomic mass is 10.1. The third-order valence-corrected chi connectivity index (χ3v) is 3.58. The van der Waals surface area contributed by atoms with E-state index in [4.69, 9.17) is 0 Å². The van der Waals surface area contributed by atoms with Crippen LogP contribution in [-0.2, 0) is 4.79 Å². The number of nitrogens with zero attached hydrogens (tertiary/aromatic N) is 2. The van der Waals surface area contributed by atoms with Crippen LogP contribution in [0.2, 0.25) is 0 Å². The zero-order valence-electron chi connectivity index (χ0n) is 13.8. The molecular formula is C16H25N3O3. The Morgan fingerprint density at radius 1 is 1.36 bits per heavy atom. The topological polar surface area (TPSA) is 75.5 Å². The molecule has 0 saturated heterocycles. The molecule has 0 heterocycles. The van der Waals surface area contributed by atoms with Gasteiger partial charge in [-0.05, 0) is 38.9 Å². The molecule has 0 atom stereocenters. The van der Waals surface area contributed by atoms with Crippen molar-refractivity contribution < 1.29 is 9.72 Å². The van der Waals surface area contributed by atoms with E-state index >= 15 is 0 Å². The molecule has 0 unspecified atom stereocenters. The predicted octanol–water partition coefficient (Wildman–Crippen LogP) is 3.21. The van der Waals surface area contributed by atoms with Crippen molar-refractivity contribution in [2.45, 2.75) is 33.6 Å². The van der Waals surface area contributed by atoms with E-state index in [1.165, 1.54) is 6.07 Å². The van der Waals surface area contributed by atoms with Gasteiger partial charge in [0.15, 0.2) is 0 Å². The van der Waals surface area contributed by atoms with Gasteiger partial charge in [-0.15, -0.1) is 0 Å². The van der Waals surface area contributed by atoms with Crippen molar-refractivity contribution in [1.82, 2.24) is 4.90 Å². The van der Waals surface area contributed by atoms with Gasteiger partial charge in [-0.1, -0.05) is 19.9 Å². The molecule has 0 radical (unpaired) electrons. The SMILES string of the molecule is Cc1c(NC(=O)CCN(C)CCC(C)C)cccc1[N+](=O)[O-]. The van der Waals surface area contributed by atoms with E-state index in [0.717, 1.165) is 13.0 Å². The molecule has 0 saturated carbocycles. The van der Waals surface area contributed by atoms with Gasteiger partial charge in [0, 0.05) is 19.0 Å². The molecule has 122 valence electrons. The molecule has 0 bridgehead atoms. The molecule has 6 heteroatoms. The van der Waals surface area contributed by atoms with Gasteiger partial charge in [0.2, 0.25) is 5.91 Å². The molecular weight excluding hydrogens is 282 g/mol. The highest BCUT2D eigenvalue weighted by Crippen LogP contribution is 2.25. The zero-order chi connectivity index (χ0) is 16.7. The van der Waals surface area contributed by atoms with E-state index in [1.807, 2.05) is 7.05 Å². The summed E-state index contributed by atoms with van der Waals surface area (Å²) in [5.41, 5.74) is 1.00. The van der Waals surface area contributed by atoms with Crippen molar-refractivity contribution >= 4 is 17.3 Å². The quantitative estimate of drug-likeness (QED) is 0.591. The minimum absolute atomic E-state index is 0.0202. The van der Waals surface area contributed by atoms with Crippen molar-refractivity contribution in [2.24, 2.45) is 5.92 Å². The smallest absolute Gasteiger partial charge is 0.274 e. The maximum absolute atomic E-state index is 12.0. The average molecular weight is 307 g/mol. The van der Waals surface area contributed by atoms with Crippen LogP contribution in [0, 0.1) is 23.0 Å². The number of hydrogen-bond donors (Lipinski definition) is 1. The second-order valence-corrected chi connectivity index (χ2v) is 5.99. The molecule has 1 aromatic rings. The summed E-state index contributed by atoms with van der Waals surface area (Å²) in [5.74, 6) is 0.517. The van der Waals surface area contributed by atoms with Crippen molar-refractivity contribution in [3.05, 3.63) is 33.9 Å². The molecule has 1 rings (SSSR count). The summed E-state index contributed by atoms with van der Waals surface area (Å²) in [6.45, 7) is 7.62. The Balaban J connectivity index is 2.52. The lowest BCUT2D eigenvalue weighted by molar-refractivity contribution is -0.385. The molecule has 1 amide bonds. The lowest BCUT2D eigenvalue weighted by Crippen LogP contribution is -2.26. The predicted molar refractivity (Wildman–Crippen MR) is 88.0 cm³/mol. The van der Waals surface area contributed by atoms with E-state index in [1.54, 1.807) is 19.1 Å². The Hall–Kier alpha value is -1.95. The van der Waals surface area contributed by atoms with Crippen LogP contribution < -0.4 is 5.32 Å². The number of hydrogen-bond acceptors (Lipinski definition) is 4. The first-order valence-corrected chi connectivity index (χ1v) is 7.53. The number of carbonyl (C=O) groups excluding carboxylic acids is 1. The summed E-state index contributed by atoms with van der Waals surface area (Å²) in [7, 11) is 1.99. The normalized spacial score (nSPS) is 11.0. The van der Waals surface area contributed by atoms with Crippen molar-refractivity contribution in [2.75, 3.05) is 25.5 Å². The van der Waals surface area contributed by atoms with Crippen LogP contribution in [0.5, 0.6) is 0 Å². The third kappa shape index (κ3) is 5.81. The number of nitro benzene ring substituents is 1. The van der Waals surface area contributed by atoms with Crippen molar-refractivity contribution in [3.8, 4) is 0 Å². The van der Waals surface area contributed by atoms with Crippen molar-refractivity contribution in [1.29, 1.82) is 0 Å². The molecule has 1 aromatic carbocycles. The molecule has 22 heavy (non-hydrogen) atoms. The fourth-order valence-electron chi connectivity index (χ4n) is 2.05. The number of nitro groups is 1. The summed E-state index contributed by atoms with van der Waals surface area (Å²) >= 11 is 0. The molecule has 0 aliphatic rings. The van der Waals surface area contributed by atoms with Crippen LogP contribution in [0.1, 0.15) is 32.3 Å². The number of anilines is 1. The Labute approximate surface area is 131 Å². The van der Waals surface area contributed by atoms with E-state index in [0.29, 0.717) is 30.1 Å². The largest absolute Gasteiger partial charge is 0.326 e. The van der Waals surface area contributed by atoms with Crippen LogP contribution >= 0.6 is 0 Å². The number of carbonyl (C=O) groups is 1. The lowest BCUT2D eigenvalue weighted by Gasteiger charge is -2.17. The molecule has 0 fully saturated rings. The number of rotatable bonds is 8. The third-order valence-electron chi connectivity index (χ3n) is 3.58. The fraction of sp³-hybridized carbons (Fsp3) is 0.562. The van der Waals surface area contributed by atoms with E-state index in [9.17, 15) is 14.9 Å². The first-order chi connectivity index (χ1) is 10.3. The second-order valence-electron chi connectivity index (χ2n) is 5.99. The van der Waals surface area contributed by atoms with E-state index < -0.39 is 4.92 Å². The monoisotopic (exact) mass is 307 g/mol. The van der Waals surface area contributed by atoms with Gasteiger partial charge in [-0.25, -0.2) is 0 Å². The average Bonchev–Trinajstić information content (AvgIpc) is 2.44. The molecule has 0 aromatic heterocycles. The molecule has 0 spiro atoms. The minimum atomic E-state index is -0.440. The number of benzene rings is 1. The highest BCUT2D eigenvalue weighted by molar-refractivity contribution is 5.92. The van der Waals surface area contributed by atoms with Crippen LogP contribution in [0.25, 0.3) is 0 Å². The van der Waals surface area contributed by atoms with Gasteiger partial charge in [-0.3, -0.25) is 14.9 Å². The number of nitrogens with one attached hydrogen (secondary N) is 1. The standard InChI is InChI=1S/C16H25N3O3/c1-12(2)8-10-18(4)11-9-16(20)17-14-6-5-7-15(13(14)3)19(21)22/h5-7,12H,8-11H2,1-4H3,(H,17,20). The van der Waals surface area contributed by atoms with Gasteiger partial charge in [0.05, 0.1) is 16.2 Å². The highest BCUT2D eigenvalue weighted by atomic mass is 16.6.